The minimum Gasteiger partial charge on any atom is -0.488 e. The van der Waals surface area contributed by atoms with E-state index in [0.717, 1.165) is 23.4 Å². The predicted octanol–water partition coefficient (Wildman–Crippen LogP) is 2.86. The predicted molar refractivity (Wildman–Crippen MR) is 68.8 cm³/mol. The number of likely N-dealkylation sites (N-methyl/N-ethyl adjacent to an activating group) is 1. The van der Waals surface area contributed by atoms with Gasteiger partial charge in [0.25, 0.3) is 0 Å². The molecular formula is C14H24NO+. The summed E-state index contributed by atoms with van der Waals surface area (Å²) in [5.41, 5.74) is 1.27. The molecular weight excluding hydrogens is 198 g/mol. The highest BCUT2D eigenvalue weighted by Crippen LogP contribution is 2.11. The third kappa shape index (κ3) is 4.67. The van der Waals surface area contributed by atoms with Gasteiger partial charge >= 0.3 is 0 Å². The van der Waals surface area contributed by atoms with E-state index in [9.17, 15) is 0 Å². The first-order valence-electron chi connectivity index (χ1n) is 6.05. The molecule has 0 atom stereocenters. The fraction of sp³-hybridized carbons (Fsp3) is 0.571. The summed E-state index contributed by atoms with van der Waals surface area (Å²) in [6, 6.07) is 8.24. The zero-order valence-corrected chi connectivity index (χ0v) is 11.0. The third-order valence-corrected chi connectivity index (χ3v) is 2.82. The lowest BCUT2D eigenvalue weighted by atomic mass is 10.2. The van der Waals surface area contributed by atoms with Gasteiger partial charge in [0, 0.05) is 0 Å². The van der Waals surface area contributed by atoms with E-state index in [0.29, 0.717) is 0 Å². The van der Waals surface area contributed by atoms with Crippen LogP contribution in [0.15, 0.2) is 24.3 Å². The van der Waals surface area contributed by atoms with Crippen molar-refractivity contribution in [2.75, 3.05) is 33.8 Å². The van der Waals surface area contributed by atoms with Gasteiger partial charge in [-0.05, 0) is 25.5 Å². The van der Waals surface area contributed by atoms with Crippen LogP contribution in [0.25, 0.3) is 0 Å². The number of benzene rings is 1. The van der Waals surface area contributed by atoms with Crippen LogP contribution < -0.4 is 4.74 Å². The summed E-state index contributed by atoms with van der Waals surface area (Å²) in [7, 11) is 4.50. The zero-order chi connectivity index (χ0) is 12.0. The first-order chi connectivity index (χ1) is 7.53. The van der Waals surface area contributed by atoms with Gasteiger partial charge in [-0.2, -0.15) is 0 Å². The fourth-order valence-corrected chi connectivity index (χ4v) is 1.76. The van der Waals surface area contributed by atoms with Gasteiger partial charge in [0.2, 0.25) is 0 Å². The molecule has 1 aromatic carbocycles. The summed E-state index contributed by atoms with van der Waals surface area (Å²) in [5.74, 6) is 0.974. The normalized spacial score (nSPS) is 11.5. The minimum absolute atomic E-state index is 0.788. The molecule has 0 aliphatic carbocycles. The second kappa shape index (κ2) is 5.90. The summed E-state index contributed by atoms with van der Waals surface area (Å²) in [6.07, 6.45) is 1.22. The molecule has 0 unspecified atom stereocenters. The monoisotopic (exact) mass is 222 g/mol. The van der Waals surface area contributed by atoms with Crippen molar-refractivity contribution in [3.63, 3.8) is 0 Å². The van der Waals surface area contributed by atoms with E-state index in [4.69, 9.17) is 4.74 Å². The smallest absolute Gasteiger partial charge is 0.137 e. The second-order valence-corrected chi connectivity index (χ2v) is 5.04. The summed E-state index contributed by atoms with van der Waals surface area (Å²) in [4.78, 5) is 0. The highest BCUT2D eigenvalue weighted by atomic mass is 16.5. The van der Waals surface area contributed by atoms with E-state index in [-0.39, 0.29) is 0 Å². The van der Waals surface area contributed by atoms with Gasteiger partial charge in [-0.3, -0.25) is 0 Å². The van der Waals surface area contributed by atoms with Crippen molar-refractivity contribution in [1.29, 1.82) is 0 Å². The maximum atomic E-state index is 5.73. The number of hydrogen-bond donors (Lipinski definition) is 0. The van der Waals surface area contributed by atoms with Gasteiger partial charge < -0.3 is 9.22 Å². The maximum Gasteiger partial charge on any atom is 0.137 e. The van der Waals surface area contributed by atoms with Gasteiger partial charge in [-0.25, -0.2) is 0 Å². The van der Waals surface area contributed by atoms with E-state index >= 15 is 0 Å². The van der Waals surface area contributed by atoms with Crippen LogP contribution in [0.3, 0.4) is 0 Å². The number of nitrogens with zero attached hydrogens (tertiary/aromatic N) is 1. The Labute approximate surface area is 99.4 Å². The van der Waals surface area contributed by atoms with E-state index in [1.807, 2.05) is 12.1 Å². The van der Waals surface area contributed by atoms with Crippen LogP contribution in [0.5, 0.6) is 5.75 Å². The Hall–Kier alpha value is -1.02. The lowest BCUT2D eigenvalue weighted by Gasteiger charge is -2.29. The van der Waals surface area contributed by atoms with Crippen molar-refractivity contribution in [3.8, 4) is 5.75 Å². The van der Waals surface area contributed by atoms with Crippen molar-refractivity contribution in [3.05, 3.63) is 29.8 Å². The van der Waals surface area contributed by atoms with E-state index < -0.39 is 0 Å². The summed E-state index contributed by atoms with van der Waals surface area (Å²) < 4.78 is 6.76. The topological polar surface area (TPSA) is 9.23 Å². The lowest BCUT2D eigenvalue weighted by molar-refractivity contribution is -0.890. The van der Waals surface area contributed by atoms with Gasteiger partial charge in [0.05, 0.1) is 20.6 Å². The molecule has 0 saturated heterocycles. The molecule has 0 heterocycles. The summed E-state index contributed by atoms with van der Waals surface area (Å²) in [5, 5.41) is 0. The maximum absolute atomic E-state index is 5.73. The molecule has 2 nitrogen and oxygen atoms in total. The van der Waals surface area contributed by atoms with Crippen LogP contribution in [0.4, 0.5) is 0 Å². The van der Waals surface area contributed by atoms with Crippen molar-refractivity contribution >= 4 is 0 Å². The molecule has 1 aromatic rings. The van der Waals surface area contributed by atoms with Crippen LogP contribution in [0, 0.1) is 6.92 Å². The Kier molecular flexibility index (Phi) is 4.81. The highest BCUT2D eigenvalue weighted by Gasteiger charge is 2.12. The summed E-state index contributed by atoms with van der Waals surface area (Å²) >= 11 is 0. The molecule has 2 heteroatoms. The molecule has 0 aliphatic heterocycles. The second-order valence-electron chi connectivity index (χ2n) is 5.04. The molecule has 16 heavy (non-hydrogen) atoms. The minimum atomic E-state index is 0.788. The Morgan fingerprint density at radius 3 is 2.25 bits per heavy atom. The molecule has 90 valence electrons. The first-order valence-corrected chi connectivity index (χ1v) is 6.05. The Morgan fingerprint density at radius 1 is 1.06 bits per heavy atom. The lowest BCUT2D eigenvalue weighted by Crippen LogP contribution is -2.43. The summed E-state index contributed by atoms with van der Waals surface area (Å²) in [6.45, 7) is 7.36. The molecule has 0 fully saturated rings. The Bertz CT molecular complexity index is 303. The van der Waals surface area contributed by atoms with Gasteiger partial charge in [-0.15, -0.1) is 0 Å². The van der Waals surface area contributed by atoms with Crippen LogP contribution in [0.1, 0.15) is 18.9 Å². The van der Waals surface area contributed by atoms with E-state index in [1.54, 1.807) is 0 Å². The van der Waals surface area contributed by atoms with Gasteiger partial charge in [0.15, 0.2) is 0 Å². The zero-order valence-electron chi connectivity index (χ0n) is 11.0. The third-order valence-electron chi connectivity index (χ3n) is 2.82. The number of rotatable bonds is 6. The largest absolute Gasteiger partial charge is 0.488 e. The molecule has 0 N–H and O–H groups in total. The van der Waals surface area contributed by atoms with Crippen LogP contribution >= 0.6 is 0 Å². The average Bonchev–Trinajstić information content (AvgIpc) is 2.20. The van der Waals surface area contributed by atoms with Crippen LogP contribution in [-0.4, -0.2) is 38.3 Å². The average molecular weight is 222 g/mol. The molecule has 0 saturated carbocycles. The Morgan fingerprint density at radius 2 is 1.69 bits per heavy atom. The molecule has 0 bridgehead atoms. The van der Waals surface area contributed by atoms with E-state index in [2.05, 4.69) is 40.1 Å². The number of ether oxygens (including phenoxy) is 1. The van der Waals surface area contributed by atoms with Gasteiger partial charge in [-0.1, -0.05) is 24.6 Å². The molecule has 0 aromatic heterocycles. The molecule has 0 aliphatic rings. The van der Waals surface area contributed by atoms with E-state index in [1.165, 1.54) is 18.5 Å². The SMILES string of the molecule is CCC[N+](C)(C)CCOc1ccc(C)cc1. The molecule has 1 rings (SSSR count). The van der Waals surface area contributed by atoms with Crippen molar-refractivity contribution < 1.29 is 9.22 Å². The van der Waals surface area contributed by atoms with Crippen molar-refractivity contribution in [1.82, 2.24) is 0 Å². The Balaban J connectivity index is 2.32. The quantitative estimate of drug-likeness (QED) is 0.673. The van der Waals surface area contributed by atoms with Crippen molar-refractivity contribution in [2.24, 2.45) is 0 Å². The molecule has 0 amide bonds. The molecule has 0 spiro atoms. The van der Waals surface area contributed by atoms with Crippen LogP contribution in [0.2, 0.25) is 0 Å². The fourth-order valence-electron chi connectivity index (χ4n) is 1.76. The van der Waals surface area contributed by atoms with Crippen molar-refractivity contribution in [2.45, 2.75) is 20.3 Å². The standard InChI is InChI=1S/C14H24NO/c1-5-10-15(3,4)11-12-16-14-8-6-13(2)7-9-14/h6-9H,5,10-12H2,1-4H3/q+1. The number of hydrogen-bond acceptors (Lipinski definition) is 1. The van der Waals surface area contributed by atoms with Crippen LogP contribution in [-0.2, 0) is 0 Å². The highest BCUT2D eigenvalue weighted by molar-refractivity contribution is 5.26. The number of quaternary nitrogens is 1. The number of aryl methyl sites for hydroxylation is 1. The first kappa shape index (κ1) is 13.0. The van der Waals surface area contributed by atoms with Gasteiger partial charge in [0.1, 0.15) is 18.9 Å². The molecule has 0 radical (unpaired) electrons.